The number of hydrogen-bond acceptors (Lipinski definition) is 1. The maximum absolute atomic E-state index is 5.98. The molecule has 1 rings (SSSR count). The topological polar surface area (TPSA) is 9.23 Å². The van der Waals surface area contributed by atoms with Gasteiger partial charge < -0.3 is 4.74 Å². The molecule has 0 unspecified atom stereocenters. The van der Waals surface area contributed by atoms with Crippen molar-refractivity contribution >= 4 is 5.57 Å². The SMILES string of the molecule is C/C=C(\CC(C)C)c1ccc(OC(C)(C)CC)cc1. The summed E-state index contributed by atoms with van der Waals surface area (Å²) in [4.78, 5) is 0. The van der Waals surface area contributed by atoms with Crippen molar-refractivity contribution in [3.63, 3.8) is 0 Å². The fourth-order valence-electron chi connectivity index (χ4n) is 1.97. The summed E-state index contributed by atoms with van der Waals surface area (Å²) in [6, 6.07) is 8.49. The quantitative estimate of drug-likeness (QED) is 0.637. The first-order chi connectivity index (χ1) is 8.88. The predicted molar refractivity (Wildman–Crippen MR) is 84.5 cm³/mol. The zero-order valence-corrected chi connectivity index (χ0v) is 13.3. The highest BCUT2D eigenvalue weighted by atomic mass is 16.5. The molecule has 1 heteroatoms. The normalized spacial score (nSPS) is 12.9. The summed E-state index contributed by atoms with van der Waals surface area (Å²) in [6.07, 6.45) is 4.34. The molecule has 1 aromatic rings. The fraction of sp³-hybridized carbons (Fsp3) is 0.556. The van der Waals surface area contributed by atoms with E-state index in [9.17, 15) is 0 Å². The highest BCUT2D eigenvalue weighted by molar-refractivity contribution is 5.65. The van der Waals surface area contributed by atoms with Crippen LogP contribution in [0.25, 0.3) is 5.57 Å². The van der Waals surface area contributed by atoms with Gasteiger partial charge in [0.25, 0.3) is 0 Å². The van der Waals surface area contributed by atoms with Gasteiger partial charge in [0.1, 0.15) is 11.4 Å². The van der Waals surface area contributed by atoms with E-state index in [1.807, 2.05) is 0 Å². The third-order valence-electron chi connectivity index (χ3n) is 3.45. The lowest BCUT2D eigenvalue weighted by atomic mass is 9.96. The first-order valence-corrected chi connectivity index (χ1v) is 7.32. The number of rotatable bonds is 6. The van der Waals surface area contributed by atoms with Crippen molar-refractivity contribution in [2.45, 2.75) is 60.0 Å². The molecule has 0 aliphatic carbocycles. The van der Waals surface area contributed by atoms with Crippen molar-refractivity contribution in [1.82, 2.24) is 0 Å². The van der Waals surface area contributed by atoms with Gasteiger partial charge in [0.05, 0.1) is 0 Å². The fourth-order valence-corrected chi connectivity index (χ4v) is 1.97. The van der Waals surface area contributed by atoms with E-state index in [-0.39, 0.29) is 5.60 Å². The van der Waals surface area contributed by atoms with Gasteiger partial charge in [0.15, 0.2) is 0 Å². The zero-order valence-electron chi connectivity index (χ0n) is 13.3. The van der Waals surface area contributed by atoms with Crippen molar-refractivity contribution in [2.75, 3.05) is 0 Å². The second-order valence-electron chi connectivity index (χ2n) is 6.15. The summed E-state index contributed by atoms with van der Waals surface area (Å²) < 4.78 is 5.98. The highest BCUT2D eigenvalue weighted by Gasteiger charge is 2.16. The van der Waals surface area contributed by atoms with E-state index in [1.54, 1.807) is 0 Å². The maximum Gasteiger partial charge on any atom is 0.120 e. The standard InChI is InChI=1S/C18H28O/c1-7-15(13-14(3)4)16-9-11-17(12-10-16)19-18(5,6)8-2/h7,9-12,14H,8,13H2,1-6H3/b15-7+. The molecule has 0 aliphatic rings. The van der Waals surface area contributed by atoms with E-state index in [0.29, 0.717) is 5.92 Å². The third-order valence-corrected chi connectivity index (χ3v) is 3.45. The molecule has 106 valence electrons. The minimum atomic E-state index is -0.0944. The van der Waals surface area contributed by atoms with E-state index in [4.69, 9.17) is 4.74 Å². The van der Waals surface area contributed by atoms with E-state index >= 15 is 0 Å². The molecule has 0 saturated heterocycles. The molecule has 1 nitrogen and oxygen atoms in total. The van der Waals surface area contributed by atoms with Gasteiger partial charge in [-0.25, -0.2) is 0 Å². The van der Waals surface area contributed by atoms with Crippen LogP contribution in [0.15, 0.2) is 30.3 Å². The van der Waals surface area contributed by atoms with Crippen LogP contribution in [0.1, 0.15) is 59.9 Å². The van der Waals surface area contributed by atoms with Crippen LogP contribution in [-0.2, 0) is 0 Å². The average Bonchev–Trinajstić information content (AvgIpc) is 2.36. The van der Waals surface area contributed by atoms with Gasteiger partial charge in [0, 0.05) is 0 Å². The molecule has 0 radical (unpaired) electrons. The van der Waals surface area contributed by atoms with Gasteiger partial charge in [-0.15, -0.1) is 0 Å². The molecular weight excluding hydrogens is 232 g/mol. The molecule has 0 amide bonds. The minimum Gasteiger partial charge on any atom is -0.488 e. The minimum absolute atomic E-state index is 0.0944. The molecule has 19 heavy (non-hydrogen) atoms. The third kappa shape index (κ3) is 5.10. The van der Waals surface area contributed by atoms with E-state index in [2.05, 4.69) is 71.9 Å². The molecule has 0 aliphatic heterocycles. The Kier molecular flexibility index (Phi) is 5.65. The van der Waals surface area contributed by atoms with E-state index in [0.717, 1.165) is 18.6 Å². The lowest BCUT2D eigenvalue weighted by Gasteiger charge is -2.25. The van der Waals surface area contributed by atoms with Gasteiger partial charge in [-0.1, -0.05) is 39.0 Å². The van der Waals surface area contributed by atoms with Crippen LogP contribution in [-0.4, -0.2) is 5.60 Å². The molecule has 0 spiro atoms. The summed E-state index contributed by atoms with van der Waals surface area (Å²) >= 11 is 0. The number of hydrogen-bond donors (Lipinski definition) is 0. The Hall–Kier alpha value is -1.24. The molecule has 0 aromatic heterocycles. The van der Waals surface area contributed by atoms with Gasteiger partial charge in [0.2, 0.25) is 0 Å². The molecule has 1 aromatic carbocycles. The van der Waals surface area contributed by atoms with Crippen LogP contribution >= 0.6 is 0 Å². The first-order valence-electron chi connectivity index (χ1n) is 7.32. The first kappa shape index (κ1) is 15.8. The second-order valence-corrected chi connectivity index (χ2v) is 6.15. The summed E-state index contributed by atoms with van der Waals surface area (Å²) in [6.45, 7) is 13.0. The van der Waals surface area contributed by atoms with Crippen molar-refractivity contribution in [1.29, 1.82) is 0 Å². The monoisotopic (exact) mass is 260 g/mol. The van der Waals surface area contributed by atoms with Crippen LogP contribution in [0.3, 0.4) is 0 Å². The summed E-state index contributed by atoms with van der Waals surface area (Å²) in [5, 5.41) is 0. The van der Waals surface area contributed by atoms with Crippen LogP contribution in [0.4, 0.5) is 0 Å². The number of allylic oxidation sites excluding steroid dienone is 2. The van der Waals surface area contributed by atoms with Crippen LogP contribution in [0.5, 0.6) is 5.75 Å². The number of ether oxygens (including phenoxy) is 1. The van der Waals surface area contributed by atoms with Gasteiger partial charge in [-0.05, 0) is 62.8 Å². The molecule has 0 fully saturated rings. The smallest absolute Gasteiger partial charge is 0.120 e. The molecule has 0 bridgehead atoms. The van der Waals surface area contributed by atoms with Crippen molar-refractivity contribution in [3.05, 3.63) is 35.9 Å². The Morgan fingerprint density at radius 3 is 2.21 bits per heavy atom. The highest BCUT2D eigenvalue weighted by Crippen LogP contribution is 2.26. The Bertz CT molecular complexity index is 410. The maximum atomic E-state index is 5.98. The van der Waals surface area contributed by atoms with E-state index < -0.39 is 0 Å². The van der Waals surface area contributed by atoms with Gasteiger partial charge >= 0.3 is 0 Å². The molecule has 0 atom stereocenters. The average molecular weight is 260 g/mol. The summed E-state index contributed by atoms with van der Waals surface area (Å²) in [5.41, 5.74) is 2.62. The number of benzene rings is 1. The second kappa shape index (κ2) is 6.79. The zero-order chi connectivity index (χ0) is 14.5. The largest absolute Gasteiger partial charge is 0.488 e. The molecule has 0 N–H and O–H groups in total. The van der Waals surface area contributed by atoms with Crippen molar-refractivity contribution in [2.24, 2.45) is 5.92 Å². The van der Waals surface area contributed by atoms with Gasteiger partial charge in [-0.3, -0.25) is 0 Å². The van der Waals surface area contributed by atoms with Crippen LogP contribution < -0.4 is 4.74 Å². The Labute approximate surface area is 118 Å². The van der Waals surface area contributed by atoms with Crippen LogP contribution in [0, 0.1) is 5.92 Å². The molecular formula is C18H28O. The summed E-state index contributed by atoms with van der Waals surface area (Å²) in [5.74, 6) is 1.64. The predicted octanol–water partition coefficient (Wildman–Crippen LogP) is 5.70. The molecule has 0 saturated carbocycles. The van der Waals surface area contributed by atoms with E-state index in [1.165, 1.54) is 11.1 Å². The Morgan fingerprint density at radius 2 is 1.79 bits per heavy atom. The summed E-state index contributed by atoms with van der Waals surface area (Å²) in [7, 11) is 0. The molecule has 0 heterocycles. The Morgan fingerprint density at radius 1 is 1.21 bits per heavy atom. The Balaban J connectivity index is 2.81. The lowest BCUT2D eigenvalue weighted by Crippen LogP contribution is -2.26. The van der Waals surface area contributed by atoms with Gasteiger partial charge in [-0.2, -0.15) is 0 Å². The van der Waals surface area contributed by atoms with Crippen molar-refractivity contribution in [3.8, 4) is 5.75 Å². The van der Waals surface area contributed by atoms with Crippen molar-refractivity contribution < 1.29 is 4.74 Å². The lowest BCUT2D eigenvalue weighted by molar-refractivity contribution is 0.105. The van der Waals surface area contributed by atoms with Crippen LogP contribution in [0.2, 0.25) is 0 Å².